The molecule has 0 aliphatic heterocycles. The first kappa shape index (κ1) is 16.2. The highest BCUT2D eigenvalue weighted by Crippen LogP contribution is 2.30. The van der Waals surface area contributed by atoms with E-state index in [4.69, 9.17) is 23.2 Å². The average Bonchev–Trinajstić information content (AvgIpc) is 2.60. The molecule has 1 heterocycles. The zero-order valence-electron chi connectivity index (χ0n) is 12.3. The van der Waals surface area contributed by atoms with E-state index in [1.165, 1.54) is 12.3 Å². The van der Waals surface area contributed by atoms with Crippen LogP contribution in [0.25, 0.3) is 0 Å². The molecule has 0 atom stereocenters. The number of nitrogens with one attached hydrogen (secondary N) is 2. The van der Waals surface area contributed by atoms with Crippen molar-refractivity contribution in [2.24, 2.45) is 0 Å². The van der Waals surface area contributed by atoms with Crippen LogP contribution in [-0.4, -0.2) is 15.9 Å². The second-order valence-corrected chi connectivity index (χ2v) is 5.60. The zero-order chi connectivity index (χ0) is 16.9. The molecule has 0 fully saturated rings. The fraction of sp³-hybridized carbons (Fsp3) is 0. The van der Waals surface area contributed by atoms with Crippen LogP contribution in [0.15, 0.2) is 60.8 Å². The minimum atomic E-state index is -0.330. The van der Waals surface area contributed by atoms with Crippen LogP contribution in [0.2, 0.25) is 10.0 Å². The highest BCUT2D eigenvalue weighted by atomic mass is 35.5. The maximum atomic E-state index is 12.3. The number of benzene rings is 2. The second kappa shape index (κ2) is 7.29. The maximum Gasteiger partial charge on any atom is 0.274 e. The molecule has 0 saturated carbocycles. The molecule has 3 rings (SSSR count). The average molecular weight is 359 g/mol. The maximum absolute atomic E-state index is 12.3. The van der Waals surface area contributed by atoms with Gasteiger partial charge in [-0.25, -0.2) is 9.97 Å². The van der Waals surface area contributed by atoms with Gasteiger partial charge in [-0.1, -0.05) is 47.5 Å². The van der Waals surface area contributed by atoms with Gasteiger partial charge in [0.05, 0.1) is 15.7 Å². The van der Waals surface area contributed by atoms with E-state index in [2.05, 4.69) is 20.6 Å². The van der Waals surface area contributed by atoms with Crippen molar-refractivity contribution in [1.29, 1.82) is 0 Å². The molecule has 2 N–H and O–H groups in total. The summed E-state index contributed by atoms with van der Waals surface area (Å²) in [5, 5.41) is 6.50. The van der Waals surface area contributed by atoms with Gasteiger partial charge in [0.1, 0.15) is 5.69 Å². The minimum Gasteiger partial charge on any atom is -0.323 e. The lowest BCUT2D eigenvalue weighted by Crippen LogP contribution is -2.14. The van der Waals surface area contributed by atoms with Crippen LogP contribution in [0, 0.1) is 0 Å². The number of amides is 1. The number of para-hydroxylation sites is 1. The molecule has 0 aliphatic carbocycles. The summed E-state index contributed by atoms with van der Waals surface area (Å²) in [4.78, 5) is 20.6. The molecule has 3 aromatic rings. The molecule has 1 amide bonds. The Morgan fingerprint density at radius 2 is 1.75 bits per heavy atom. The third-order valence-electron chi connectivity index (χ3n) is 3.12. The Kier molecular flexibility index (Phi) is 4.93. The lowest BCUT2D eigenvalue weighted by molar-refractivity contribution is 0.102. The van der Waals surface area contributed by atoms with Crippen LogP contribution < -0.4 is 10.6 Å². The molecule has 0 bridgehead atoms. The van der Waals surface area contributed by atoms with Gasteiger partial charge in [0, 0.05) is 11.9 Å². The van der Waals surface area contributed by atoms with Gasteiger partial charge in [-0.15, -0.1) is 0 Å². The highest BCUT2D eigenvalue weighted by Gasteiger charge is 2.11. The number of halogens is 2. The molecule has 24 heavy (non-hydrogen) atoms. The Hall–Kier alpha value is -2.63. The first-order valence-electron chi connectivity index (χ1n) is 7.04. The summed E-state index contributed by atoms with van der Waals surface area (Å²) < 4.78 is 0. The fourth-order valence-corrected chi connectivity index (χ4v) is 2.33. The first-order chi connectivity index (χ1) is 11.6. The predicted octanol–water partition coefficient (Wildman–Crippen LogP) is 4.78. The third kappa shape index (κ3) is 3.82. The van der Waals surface area contributed by atoms with Gasteiger partial charge < -0.3 is 10.6 Å². The number of carbonyl (C=O) groups is 1. The molecule has 7 heteroatoms. The van der Waals surface area contributed by atoms with Crippen molar-refractivity contribution in [3.8, 4) is 0 Å². The van der Waals surface area contributed by atoms with E-state index >= 15 is 0 Å². The quantitative estimate of drug-likeness (QED) is 0.704. The number of aromatic nitrogens is 2. The van der Waals surface area contributed by atoms with Gasteiger partial charge in [0.25, 0.3) is 5.91 Å². The van der Waals surface area contributed by atoms with Crippen LogP contribution in [-0.2, 0) is 0 Å². The SMILES string of the molecule is O=C(Nc1ccccc1)c1ccnc(Nc2cccc(Cl)c2Cl)n1. The summed E-state index contributed by atoms with van der Waals surface area (Å²) in [7, 11) is 0. The second-order valence-electron chi connectivity index (χ2n) is 4.81. The summed E-state index contributed by atoms with van der Waals surface area (Å²) in [5.74, 6) is -0.0799. The summed E-state index contributed by atoms with van der Waals surface area (Å²) in [6.45, 7) is 0. The van der Waals surface area contributed by atoms with Crippen LogP contribution in [0.5, 0.6) is 0 Å². The van der Waals surface area contributed by atoms with Crippen LogP contribution in [0.1, 0.15) is 10.5 Å². The van der Waals surface area contributed by atoms with E-state index in [1.54, 1.807) is 30.3 Å². The molecule has 1 aromatic heterocycles. The van der Waals surface area contributed by atoms with E-state index < -0.39 is 0 Å². The Balaban J connectivity index is 1.79. The largest absolute Gasteiger partial charge is 0.323 e. The number of anilines is 3. The predicted molar refractivity (Wildman–Crippen MR) is 96.2 cm³/mol. The van der Waals surface area contributed by atoms with Gasteiger partial charge in [-0.05, 0) is 30.3 Å². The van der Waals surface area contributed by atoms with E-state index in [0.29, 0.717) is 21.4 Å². The van der Waals surface area contributed by atoms with Crippen LogP contribution in [0.3, 0.4) is 0 Å². The molecule has 120 valence electrons. The lowest BCUT2D eigenvalue weighted by Gasteiger charge is -2.09. The number of rotatable bonds is 4. The number of hydrogen-bond donors (Lipinski definition) is 2. The van der Waals surface area contributed by atoms with E-state index in [-0.39, 0.29) is 17.5 Å². The van der Waals surface area contributed by atoms with Crippen molar-refractivity contribution in [3.05, 3.63) is 76.5 Å². The standard InChI is InChI=1S/C17H12Cl2N4O/c18-12-7-4-8-13(15(12)19)22-17-20-10-9-14(23-17)16(24)21-11-5-2-1-3-6-11/h1-10H,(H,21,24)(H,20,22,23). The topological polar surface area (TPSA) is 66.9 Å². The van der Waals surface area contributed by atoms with E-state index in [9.17, 15) is 4.79 Å². The molecule has 0 saturated heterocycles. The van der Waals surface area contributed by atoms with Crippen molar-refractivity contribution >= 4 is 46.4 Å². The molecule has 0 radical (unpaired) electrons. The molecule has 0 unspecified atom stereocenters. The van der Waals surface area contributed by atoms with Gasteiger partial charge in [-0.3, -0.25) is 4.79 Å². The number of hydrogen-bond acceptors (Lipinski definition) is 4. The Bertz CT molecular complexity index is 871. The molecule has 0 aliphatic rings. The Labute approximate surface area is 148 Å². The Morgan fingerprint density at radius 1 is 0.958 bits per heavy atom. The zero-order valence-corrected chi connectivity index (χ0v) is 13.8. The van der Waals surface area contributed by atoms with Crippen molar-refractivity contribution in [2.75, 3.05) is 10.6 Å². The first-order valence-corrected chi connectivity index (χ1v) is 7.79. The van der Waals surface area contributed by atoms with Crippen molar-refractivity contribution < 1.29 is 4.79 Å². The molecule has 5 nitrogen and oxygen atoms in total. The molecule has 0 spiro atoms. The fourth-order valence-electron chi connectivity index (χ4n) is 1.98. The monoisotopic (exact) mass is 358 g/mol. The number of nitrogens with zero attached hydrogens (tertiary/aromatic N) is 2. The normalized spacial score (nSPS) is 10.2. The van der Waals surface area contributed by atoms with Crippen molar-refractivity contribution in [2.45, 2.75) is 0 Å². The number of carbonyl (C=O) groups excluding carboxylic acids is 1. The highest BCUT2D eigenvalue weighted by molar-refractivity contribution is 6.43. The lowest BCUT2D eigenvalue weighted by atomic mass is 10.3. The molecular weight excluding hydrogens is 347 g/mol. The van der Waals surface area contributed by atoms with Gasteiger partial charge >= 0.3 is 0 Å². The van der Waals surface area contributed by atoms with Crippen LogP contribution >= 0.6 is 23.2 Å². The summed E-state index contributed by atoms with van der Waals surface area (Å²) in [5.41, 5.74) is 1.48. The summed E-state index contributed by atoms with van der Waals surface area (Å²) >= 11 is 12.1. The van der Waals surface area contributed by atoms with Gasteiger partial charge in [0.15, 0.2) is 0 Å². The Morgan fingerprint density at radius 3 is 2.54 bits per heavy atom. The molecular formula is C17H12Cl2N4O. The summed E-state index contributed by atoms with van der Waals surface area (Å²) in [6, 6.07) is 15.8. The van der Waals surface area contributed by atoms with E-state index in [1.807, 2.05) is 18.2 Å². The van der Waals surface area contributed by atoms with Gasteiger partial charge in [0.2, 0.25) is 5.95 Å². The molecule has 2 aromatic carbocycles. The van der Waals surface area contributed by atoms with Crippen molar-refractivity contribution in [1.82, 2.24) is 9.97 Å². The van der Waals surface area contributed by atoms with Crippen LogP contribution in [0.4, 0.5) is 17.3 Å². The van der Waals surface area contributed by atoms with E-state index in [0.717, 1.165) is 0 Å². The van der Waals surface area contributed by atoms with Gasteiger partial charge in [-0.2, -0.15) is 0 Å². The smallest absolute Gasteiger partial charge is 0.274 e. The third-order valence-corrected chi connectivity index (χ3v) is 3.94. The minimum absolute atomic E-state index is 0.231. The van der Waals surface area contributed by atoms with Crippen molar-refractivity contribution in [3.63, 3.8) is 0 Å². The summed E-state index contributed by atoms with van der Waals surface area (Å²) in [6.07, 6.45) is 1.49.